The Balaban J connectivity index is 2.92. The Morgan fingerprint density at radius 3 is 2.53 bits per heavy atom. The van der Waals surface area contributed by atoms with Crippen LogP contribution >= 0.6 is 11.6 Å². The molecule has 0 unspecified atom stereocenters. The molecule has 0 bridgehead atoms. The molecule has 0 spiro atoms. The van der Waals surface area contributed by atoms with Crippen LogP contribution in [-0.2, 0) is 20.6 Å². The Kier molecular flexibility index (Phi) is 11.9. The maximum absolute atomic E-state index is 6.40. The van der Waals surface area contributed by atoms with Crippen LogP contribution < -0.4 is 0 Å². The van der Waals surface area contributed by atoms with Crippen molar-refractivity contribution in [3.63, 3.8) is 0 Å². The molecule has 1 aromatic rings. The highest BCUT2D eigenvalue weighted by Gasteiger charge is 2.12. The van der Waals surface area contributed by atoms with Crippen LogP contribution in [0.25, 0.3) is 5.57 Å². The number of halogens is 1. The Hall–Kier alpha value is -2.31. The van der Waals surface area contributed by atoms with E-state index in [1.165, 1.54) is 0 Å². The lowest BCUT2D eigenvalue weighted by molar-refractivity contribution is 0.110. The molecule has 1 heterocycles. The summed E-state index contributed by atoms with van der Waals surface area (Å²) in [5.41, 5.74) is 1.58. The number of aromatic nitrogens is 2. The molecule has 7 heteroatoms. The highest BCUT2D eigenvalue weighted by molar-refractivity contribution is 6.31. The summed E-state index contributed by atoms with van der Waals surface area (Å²) in [5, 5.41) is 4.60. The van der Waals surface area contributed by atoms with E-state index in [4.69, 9.17) is 30.3 Å². The van der Waals surface area contributed by atoms with Gasteiger partial charge in [-0.2, -0.15) is 4.98 Å². The van der Waals surface area contributed by atoms with Gasteiger partial charge in [0.1, 0.15) is 12.4 Å². The molecule has 0 aliphatic heterocycles. The maximum atomic E-state index is 6.40. The van der Waals surface area contributed by atoms with Crippen LogP contribution in [0.15, 0.2) is 57.5 Å². The highest BCUT2D eigenvalue weighted by Crippen LogP contribution is 2.22. The topological polar surface area (TPSA) is 66.6 Å². The molecule has 0 N–H and O–H groups in total. The van der Waals surface area contributed by atoms with Crippen LogP contribution in [0.1, 0.15) is 52.8 Å². The van der Waals surface area contributed by atoms with Gasteiger partial charge in [-0.15, -0.1) is 0 Å². The van der Waals surface area contributed by atoms with Gasteiger partial charge in [-0.3, -0.25) is 0 Å². The molecule has 0 radical (unpaired) electrons. The molecule has 1 aromatic heterocycles. The van der Waals surface area contributed by atoms with Crippen molar-refractivity contribution >= 4 is 17.2 Å². The van der Waals surface area contributed by atoms with E-state index < -0.39 is 0 Å². The van der Waals surface area contributed by atoms with Gasteiger partial charge in [-0.25, -0.2) is 0 Å². The Labute approximate surface area is 184 Å². The first-order valence-electron chi connectivity index (χ1n) is 10.00. The van der Waals surface area contributed by atoms with E-state index in [1.54, 1.807) is 13.2 Å². The standard InChI is InChI=1S/C23H33ClN2O4/c1-8-9-21(29-17(4)5)20(24)12-13-22-25-23(26-30-22)19(16(2)3)11-10-18(6)28-15-14-27-7/h9-12,17H,2,8,13-15H2,1,3-7H3. The van der Waals surface area contributed by atoms with Crippen molar-refractivity contribution in [2.75, 3.05) is 20.3 Å². The van der Waals surface area contributed by atoms with Crippen LogP contribution in [0, 0.1) is 0 Å². The molecule has 6 nitrogen and oxygen atoms in total. The minimum Gasteiger partial charge on any atom is -0.496 e. The van der Waals surface area contributed by atoms with Crippen molar-refractivity contribution in [3.05, 3.63) is 64.7 Å². The predicted octanol–water partition coefficient (Wildman–Crippen LogP) is 5.98. The third-order valence-electron chi connectivity index (χ3n) is 3.71. The van der Waals surface area contributed by atoms with Gasteiger partial charge in [0, 0.05) is 19.1 Å². The first-order valence-corrected chi connectivity index (χ1v) is 10.4. The zero-order chi connectivity index (χ0) is 22.5. The van der Waals surface area contributed by atoms with E-state index in [2.05, 4.69) is 16.7 Å². The van der Waals surface area contributed by atoms with Gasteiger partial charge in [0.05, 0.1) is 23.5 Å². The molecule has 0 saturated heterocycles. The molecule has 166 valence electrons. The normalized spacial score (nSPS) is 13.7. The summed E-state index contributed by atoms with van der Waals surface area (Å²) in [6, 6.07) is 0. The molecule has 0 aromatic carbocycles. The summed E-state index contributed by atoms with van der Waals surface area (Å²) in [7, 11) is 1.63. The summed E-state index contributed by atoms with van der Waals surface area (Å²) in [5.74, 6) is 2.33. The lowest BCUT2D eigenvalue weighted by Crippen LogP contribution is -2.03. The molecule has 0 fully saturated rings. The summed E-state index contributed by atoms with van der Waals surface area (Å²) in [6.45, 7) is 14.7. The van der Waals surface area contributed by atoms with Crippen LogP contribution in [0.4, 0.5) is 0 Å². The van der Waals surface area contributed by atoms with Gasteiger partial charge in [0.25, 0.3) is 0 Å². The number of nitrogens with zero attached hydrogens (tertiary/aromatic N) is 2. The first-order chi connectivity index (χ1) is 14.3. The van der Waals surface area contributed by atoms with Crippen LogP contribution in [0.3, 0.4) is 0 Å². The van der Waals surface area contributed by atoms with Crippen molar-refractivity contribution in [1.29, 1.82) is 0 Å². The summed E-state index contributed by atoms with van der Waals surface area (Å²) in [6.07, 6.45) is 8.72. The molecular weight excluding hydrogens is 404 g/mol. The molecule has 30 heavy (non-hydrogen) atoms. The molecule has 1 rings (SSSR count). The summed E-state index contributed by atoms with van der Waals surface area (Å²) >= 11 is 6.40. The van der Waals surface area contributed by atoms with Crippen molar-refractivity contribution in [3.8, 4) is 0 Å². The fourth-order valence-corrected chi connectivity index (χ4v) is 2.51. The van der Waals surface area contributed by atoms with E-state index >= 15 is 0 Å². The largest absolute Gasteiger partial charge is 0.496 e. The van der Waals surface area contributed by atoms with Crippen molar-refractivity contribution in [2.45, 2.75) is 53.6 Å². The minimum absolute atomic E-state index is 0.0400. The fourth-order valence-electron chi connectivity index (χ4n) is 2.31. The minimum atomic E-state index is 0.0400. The Morgan fingerprint density at radius 2 is 1.93 bits per heavy atom. The van der Waals surface area contributed by atoms with E-state index in [0.29, 0.717) is 42.1 Å². The number of ether oxygens (including phenoxy) is 3. The van der Waals surface area contributed by atoms with Crippen LogP contribution in [-0.4, -0.2) is 36.6 Å². The zero-order valence-electron chi connectivity index (χ0n) is 18.8. The molecule has 0 saturated carbocycles. The van der Waals surface area contributed by atoms with E-state index in [0.717, 1.165) is 23.3 Å². The quantitative estimate of drug-likeness (QED) is 0.215. The van der Waals surface area contributed by atoms with Crippen molar-refractivity contribution in [2.24, 2.45) is 0 Å². The van der Waals surface area contributed by atoms with E-state index in [9.17, 15) is 0 Å². The number of hydrogen-bond acceptors (Lipinski definition) is 6. The molecule has 0 aliphatic rings. The van der Waals surface area contributed by atoms with Crippen molar-refractivity contribution in [1.82, 2.24) is 10.1 Å². The molecule has 0 aliphatic carbocycles. The maximum Gasteiger partial charge on any atom is 0.230 e. The number of methoxy groups -OCH3 is 1. The monoisotopic (exact) mass is 436 g/mol. The average molecular weight is 437 g/mol. The first kappa shape index (κ1) is 25.7. The Morgan fingerprint density at radius 1 is 1.20 bits per heavy atom. The van der Waals surface area contributed by atoms with Crippen LogP contribution in [0.5, 0.6) is 0 Å². The lowest BCUT2D eigenvalue weighted by Gasteiger charge is -2.12. The third kappa shape index (κ3) is 9.46. The number of hydrogen-bond donors (Lipinski definition) is 0. The Bertz CT molecular complexity index is 804. The van der Waals surface area contributed by atoms with Gasteiger partial charge in [-0.05, 0) is 57.9 Å². The second-order valence-electron chi connectivity index (χ2n) is 6.89. The second kappa shape index (κ2) is 13.8. The third-order valence-corrected chi connectivity index (χ3v) is 4.05. The van der Waals surface area contributed by atoms with Crippen LogP contribution in [0.2, 0.25) is 0 Å². The van der Waals surface area contributed by atoms with E-state index in [-0.39, 0.29) is 6.10 Å². The van der Waals surface area contributed by atoms with Gasteiger partial charge < -0.3 is 18.7 Å². The van der Waals surface area contributed by atoms with Gasteiger partial charge in [0.2, 0.25) is 11.7 Å². The fraction of sp³-hybridized carbons (Fsp3) is 0.478. The summed E-state index contributed by atoms with van der Waals surface area (Å²) in [4.78, 5) is 4.46. The number of rotatable bonds is 13. The molecule has 0 atom stereocenters. The smallest absolute Gasteiger partial charge is 0.230 e. The van der Waals surface area contributed by atoms with Gasteiger partial charge in [-0.1, -0.05) is 36.3 Å². The van der Waals surface area contributed by atoms with Gasteiger partial charge in [0.15, 0.2) is 0 Å². The second-order valence-corrected chi connectivity index (χ2v) is 7.30. The predicted molar refractivity (Wildman–Crippen MR) is 121 cm³/mol. The number of allylic oxidation sites excluding steroid dienone is 8. The van der Waals surface area contributed by atoms with E-state index in [1.807, 2.05) is 52.8 Å². The average Bonchev–Trinajstić information content (AvgIpc) is 3.14. The molecule has 0 amide bonds. The lowest BCUT2D eigenvalue weighted by atomic mass is 10.1. The van der Waals surface area contributed by atoms with Crippen molar-refractivity contribution < 1.29 is 18.7 Å². The highest BCUT2D eigenvalue weighted by atomic mass is 35.5. The molecular formula is C23H33ClN2O4. The zero-order valence-corrected chi connectivity index (χ0v) is 19.6. The SMILES string of the molecule is C=C(C)C(=CC=C(C)OCCOC)c1noc(CC=C(Cl)C(=CCC)OC(C)C)n1. The van der Waals surface area contributed by atoms with Gasteiger partial charge >= 0.3 is 0 Å². The summed E-state index contributed by atoms with van der Waals surface area (Å²) < 4.78 is 21.7.